The summed E-state index contributed by atoms with van der Waals surface area (Å²) in [6.45, 7) is 1.78. The summed E-state index contributed by atoms with van der Waals surface area (Å²) in [5.74, 6) is 1.73. The summed E-state index contributed by atoms with van der Waals surface area (Å²) in [4.78, 5) is 14.6. The second-order valence-electron chi connectivity index (χ2n) is 4.22. The van der Waals surface area contributed by atoms with E-state index in [2.05, 4.69) is 19.9 Å². The van der Waals surface area contributed by atoms with Crippen LogP contribution in [0.5, 0.6) is 12.0 Å². The van der Waals surface area contributed by atoms with Crippen LogP contribution in [0.2, 0.25) is 0 Å². The highest BCUT2D eigenvalue weighted by atomic mass is 35.5. The van der Waals surface area contributed by atoms with Crippen LogP contribution in [-0.4, -0.2) is 48.1 Å². The molecule has 0 bridgehead atoms. The van der Waals surface area contributed by atoms with Crippen molar-refractivity contribution in [3.05, 3.63) is 0 Å². The van der Waals surface area contributed by atoms with E-state index in [1.807, 2.05) is 0 Å². The first-order chi connectivity index (χ1) is 8.76. The summed E-state index contributed by atoms with van der Waals surface area (Å²) < 4.78 is 10.1. The quantitative estimate of drug-likeness (QED) is 0.771. The van der Waals surface area contributed by atoms with Gasteiger partial charge in [-0.1, -0.05) is 0 Å². The van der Waals surface area contributed by atoms with Crippen molar-refractivity contribution >= 4 is 17.5 Å². The summed E-state index contributed by atoms with van der Waals surface area (Å²) in [6, 6.07) is 0.537. The molecule has 1 unspecified atom stereocenters. The summed E-state index contributed by atoms with van der Waals surface area (Å²) >= 11 is 5.92. The van der Waals surface area contributed by atoms with Crippen LogP contribution >= 0.6 is 11.6 Å². The zero-order valence-corrected chi connectivity index (χ0v) is 11.4. The van der Waals surface area contributed by atoms with Crippen molar-refractivity contribution in [1.82, 2.24) is 15.0 Å². The first-order valence-corrected chi connectivity index (χ1v) is 6.45. The molecule has 1 fully saturated rings. The fourth-order valence-corrected chi connectivity index (χ4v) is 2.28. The Morgan fingerprint density at radius 3 is 2.44 bits per heavy atom. The summed E-state index contributed by atoms with van der Waals surface area (Å²) in [6.07, 6.45) is 2.24. The minimum atomic E-state index is 0.268. The third-order valence-corrected chi connectivity index (χ3v) is 3.40. The Bertz CT molecular complexity index is 382. The van der Waals surface area contributed by atoms with Gasteiger partial charge in [0, 0.05) is 19.0 Å². The molecule has 1 atom stereocenters. The van der Waals surface area contributed by atoms with Gasteiger partial charge in [-0.05, 0) is 18.8 Å². The smallest absolute Gasteiger partial charge is 0.324 e. The molecule has 0 radical (unpaired) electrons. The number of alkyl halides is 1. The molecule has 0 amide bonds. The maximum absolute atomic E-state index is 5.92. The Labute approximate surface area is 111 Å². The Morgan fingerprint density at radius 1 is 1.22 bits per heavy atom. The molecule has 0 saturated carbocycles. The zero-order chi connectivity index (χ0) is 13.0. The molecule has 1 aromatic rings. The van der Waals surface area contributed by atoms with Crippen molar-refractivity contribution in [3.63, 3.8) is 0 Å². The predicted molar refractivity (Wildman–Crippen MR) is 68.6 cm³/mol. The molecule has 6 nitrogen and oxygen atoms in total. The molecule has 1 aliphatic heterocycles. The lowest BCUT2D eigenvalue weighted by Gasteiger charge is -2.31. The highest BCUT2D eigenvalue weighted by Crippen LogP contribution is 2.23. The molecule has 0 spiro atoms. The van der Waals surface area contributed by atoms with Crippen LogP contribution in [0.15, 0.2) is 0 Å². The monoisotopic (exact) mass is 272 g/mol. The van der Waals surface area contributed by atoms with Gasteiger partial charge < -0.3 is 14.4 Å². The highest BCUT2D eigenvalue weighted by Gasteiger charge is 2.22. The van der Waals surface area contributed by atoms with E-state index < -0.39 is 0 Å². The third kappa shape index (κ3) is 2.93. The molecule has 100 valence electrons. The SMILES string of the molecule is COc1nc(OC)nc(N2CCCC(CCl)C2)n1. The molecule has 2 rings (SSSR count). The molecule has 18 heavy (non-hydrogen) atoms. The van der Waals surface area contributed by atoms with E-state index in [4.69, 9.17) is 21.1 Å². The van der Waals surface area contributed by atoms with E-state index in [-0.39, 0.29) is 12.0 Å². The molecule has 1 aliphatic rings. The van der Waals surface area contributed by atoms with Gasteiger partial charge in [0.2, 0.25) is 5.95 Å². The number of nitrogens with zero attached hydrogens (tertiary/aromatic N) is 4. The lowest BCUT2D eigenvalue weighted by Crippen LogP contribution is -2.37. The van der Waals surface area contributed by atoms with Crippen molar-refractivity contribution in [2.45, 2.75) is 12.8 Å². The molecular formula is C11H17ClN4O2. The van der Waals surface area contributed by atoms with Crippen molar-refractivity contribution in [2.75, 3.05) is 38.1 Å². The van der Waals surface area contributed by atoms with Crippen LogP contribution in [0.3, 0.4) is 0 Å². The average molecular weight is 273 g/mol. The van der Waals surface area contributed by atoms with Gasteiger partial charge in [-0.25, -0.2) is 0 Å². The average Bonchev–Trinajstić information content (AvgIpc) is 2.46. The first-order valence-electron chi connectivity index (χ1n) is 5.91. The van der Waals surface area contributed by atoms with Gasteiger partial charge in [0.05, 0.1) is 14.2 Å². The van der Waals surface area contributed by atoms with Crippen LogP contribution in [-0.2, 0) is 0 Å². The van der Waals surface area contributed by atoms with Gasteiger partial charge in [0.15, 0.2) is 0 Å². The van der Waals surface area contributed by atoms with E-state index in [1.54, 1.807) is 0 Å². The normalized spacial score (nSPS) is 19.7. The van der Waals surface area contributed by atoms with Gasteiger partial charge in [-0.2, -0.15) is 9.97 Å². The zero-order valence-electron chi connectivity index (χ0n) is 10.6. The number of rotatable bonds is 4. The molecular weight excluding hydrogens is 256 g/mol. The molecule has 7 heteroatoms. The molecule has 0 aliphatic carbocycles. The first kappa shape index (κ1) is 13.1. The standard InChI is InChI=1S/C11H17ClN4O2/c1-17-10-13-9(14-11(15-10)18-2)16-5-3-4-8(6-12)7-16/h8H,3-7H2,1-2H3. The molecule has 1 saturated heterocycles. The van der Waals surface area contributed by atoms with E-state index in [1.165, 1.54) is 14.2 Å². The van der Waals surface area contributed by atoms with Crippen molar-refractivity contribution in [1.29, 1.82) is 0 Å². The van der Waals surface area contributed by atoms with E-state index in [9.17, 15) is 0 Å². The van der Waals surface area contributed by atoms with Gasteiger partial charge >= 0.3 is 12.0 Å². The fourth-order valence-electron chi connectivity index (χ4n) is 2.02. The van der Waals surface area contributed by atoms with Gasteiger partial charge in [0.25, 0.3) is 0 Å². The highest BCUT2D eigenvalue weighted by molar-refractivity contribution is 6.18. The largest absolute Gasteiger partial charge is 0.467 e. The van der Waals surface area contributed by atoms with Gasteiger partial charge in [-0.15, -0.1) is 16.6 Å². The van der Waals surface area contributed by atoms with Gasteiger partial charge in [-0.3, -0.25) is 0 Å². The fraction of sp³-hybridized carbons (Fsp3) is 0.727. The number of aromatic nitrogens is 3. The summed E-state index contributed by atoms with van der Waals surface area (Å²) in [5.41, 5.74) is 0. The number of hydrogen-bond acceptors (Lipinski definition) is 6. The minimum absolute atomic E-state index is 0.268. The third-order valence-electron chi connectivity index (χ3n) is 2.97. The lowest BCUT2D eigenvalue weighted by molar-refractivity contribution is 0.338. The maximum atomic E-state index is 5.92. The van der Waals surface area contributed by atoms with E-state index >= 15 is 0 Å². The minimum Gasteiger partial charge on any atom is -0.467 e. The molecule has 0 N–H and O–H groups in total. The van der Waals surface area contributed by atoms with E-state index in [0.29, 0.717) is 17.7 Å². The van der Waals surface area contributed by atoms with Crippen LogP contribution in [0.1, 0.15) is 12.8 Å². The van der Waals surface area contributed by atoms with Crippen LogP contribution in [0.4, 0.5) is 5.95 Å². The van der Waals surface area contributed by atoms with Gasteiger partial charge in [0.1, 0.15) is 0 Å². The topological polar surface area (TPSA) is 60.4 Å². The Hall–Kier alpha value is -1.30. The molecule has 0 aromatic carbocycles. The Kier molecular flexibility index (Phi) is 4.41. The van der Waals surface area contributed by atoms with Crippen LogP contribution in [0, 0.1) is 5.92 Å². The molecule has 1 aromatic heterocycles. The van der Waals surface area contributed by atoms with Crippen molar-refractivity contribution in [2.24, 2.45) is 5.92 Å². The number of hydrogen-bond donors (Lipinski definition) is 0. The number of halogens is 1. The van der Waals surface area contributed by atoms with E-state index in [0.717, 1.165) is 25.9 Å². The number of anilines is 1. The van der Waals surface area contributed by atoms with Crippen LogP contribution < -0.4 is 14.4 Å². The predicted octanol–water partition coefficient (Wildman–Crippen LogP) is 1.34. The molecule has 2 heterocycles. The number of methoxy groups -OCH3 is 2. The lowest BCUT2D eigenvalue weighted by atomic mass is 10.0. The second kappa shape index (κ2) is 6.04. The number of piperidine rings is 1. The van der Waals surface area contributed by atoms with Crippen LogP contribution in [0.25, 0.3) is 0 Å². The van der Waals surface area contributed by atoms with Crippen molar-refractivity contribution < 1.29 is 9.47 Å². The Balaban J connectivity index is 2.20. The summed E-state index contributed by atoms with van der Waals surface area (Å²) in [7, 11) is 3.05. The number of ether oxygens (including phenoxy) is 2. The maximum Gasteiger partial charge on any atom is 0.324 e. The summed E-state index contributed by atoms with van der Waals surface area (Å²) in [5, 5.41) is 0. The van der Waals surface area contributed by atoms with Crippen molar-refractivity contribution in [3.8, 4) is 12.0 Å². The second-order valence-corrected chi connectivity index (χ2v) is 4.53. The Morgan fingerprint density at radius 2 is 1.89 bits per heavy atom.